The molecule has 3 heteroatoms. The number of anilines is 1. The van der Waals surface area contributed by atoms with Crippen molar-refractivity contribution in [1.29, 1.82) is 5.41 Å². The molecule has 5 N–H and O–H groups in total. The summed E-state index contributed by atoms with van der Waals surface area (Å²) in [6.07, 6.45) is 1.81. The molecule has 0 bridgehead atoms. The van der Waals surface area contributed by atoms with Crippen molar-refractivity contribution in [1.82, 2.24) is 0 Å². The van der Waals surface area contributed by atoms with Gasteiger partial charge in [-0.05, 0) is 31.1 Å². The van der Waals surface area contributed by atoms with E-state index in [4.69, 9.17) is 16.9 Å². The fourth-order valence-electron chi connectivity index (χ4n) is 1.64. The number of hydrogen-bond acceptors (Lipinski definition) is 3. The second-order valence-electron chi connectivity index (χ2n) is 3.91. The van der Waals surface area contributed by atoms with Crippen LogP contribution in [0.2, 0.25) is 0 Å². The van der Waals surface area contributed by atoms with Crippen LogP contribution in [0.25, 0.3) is 0 Å². The molecule has 0 aliphatic carbocycles. The van der Waals surface area contributed by atoms with Gasteiger partial charge in [-0.15, -0.1) is 0 Å². The highest BCUT2D eigenvalue weighted by atomic mass is 14.6. The number of benzene rings is 1. The molecule has 0 heterocycles. The first-order chi connectivity index (χ1) is 7.56. The van der Waals surface area contributed by atoms with Crippen LogP contribution in [-0.4, -0.2) is 5.71 Å². The van der Waals surface area contributed by atoms with Crippen LogP contribution in [0.3, 0.4) is 0 Å². The van der Waals surface area contributed by atoms with Crippen LogP contribution >= 0.6 is 0 Å². The van der Waals surface area contributed by atoms with Gasteiger partial charge in [0.2, 0.25) is 0 Å². The van der Waals surface area contributed by atoms with E-state index >= 15 is 0 Å². The molecule has 0 fully saturated rings. The normalized spacial score (nSPS) is 12.1. The molecule has 0 amide bonds. The molecule has 1 rings (SSSR count). The van der Waals surface area contributed by atoms with Gasteiger partial charge in [-0.2, -0.15) is 0 Å². The molecule has 1 aromatic carbocycles. The number of allylic oxidation sites excluding steroid dienone is 2. The van der Waals surface area contributed by atoms with E-state index in [-0.39, 0.29) is 0 Å². The quantitative estimate of drug-likeness (QED) is 0.535. The lowest BCUT2D eigenvalue weighted by Crippen LogP contribution is -2.10. The average Bonchev–Trinajstić information content (AvgIpc) is 2.24. The Bertz CT molecular complexity index is 415. The summed E-state index contributed by atoms with van der Waals surface area (Å²) < 4.78 is 0. The van der Waals surface area contributed by atoms with E-state index in [1.807, 2.05) is 25.1 Å². The van der Waals surface area contributed by atoms with Crippen molar-refractivity contribution < 1.29 is 0 Å². The third kappa shape index (κ3) is 2.86. The Labute approximate surface area is 96.7 Å². The van der Waals surface area contributed by atoms with Crippen LogP contribution in [0.1, 0.15) is 32.3 Å². The predicted octanol–water partition coefficient (Wildman–Crippen LogP) is 2.67. The smallest absolute Gasteiger partial charge is 0.0661 e. The van der Waals surface area contributed by atoms with E-state index in [9.17, 15) is 0 Å². The van der Waals surface area contributed by atoms with Gasteiger partial charge >= 0.3 is 0 Å². The monoisotopic (exact) mass is 217 g/mol. The minimum Gasteiger partial charge on any atom is -0.402 e. The Balaban J connectivity index is 3.05. The maximum atomic E-state index is 8.12. The fraction of sp³-hybridized carbons (Fsp3) is 0.308. The Morgan fingerprint density at radius 3 is 2.56 bits per heavy atom. The molecule has 0 spiro atoms. The third-order valence-corrected chi connectivity index (χ3v) is 2.45. The lowest BCUT2D eigenvalue weighted by atomic mass is 9.97. The first kappa shape index (κ1) is 12.3. The number of rotatable bonds is 4. The summed E-state index contributed by atoms with van der Waals surface area (Å²) in [6, 6.07) is 7.36. The van der Waals surface area contributed by atoms with Gasteiger partial charge in [0.05, 0.1) is 5.71 Å². The number of nitrogen functional groups attached to an aromatic ring is 1. The summed E-state index contributed by atoms with van der Waals surface area (Å²) in [7, 11) is 0. The zero-order valence-electron chi connectivity index (χ0n) is 9.88. The molecule has 0 atom stereocenters. The third-order valence-electron chi connectivity index (χ3n) is 2.45. The van der Waals surface area contributed by atoms with Crippen LogP contribution < -0.4 is 11.5 Å². The SMILES string of the molecule is CCC/C(C(=N)c1cccc(N)c1)=C(\C)N. The van der Waals surface area contributed by atoms with E-state index in [2.05, 4.69) is 6.92 Å². The summed E-state index contributed by atoms with van der Waals surface area (Å²) in [4.78, 5) is 0. The van der Waals surface area contributed by atoms with Gasteiger partial charge in [-0.1, -0.05) is 25.5 Å². The molecule has 0 saturated carbocycles. The van der Waals surface area contributed by atoms with Gasteiger partial charge < -0.3 is 11.5 Å². The van der Waals surface area contributed by atoms with Gasteiger partial charge in [0.25, 0.3) is 0 Å². The van der Waals surface area contributed by atoms with E-state index in [0.717, 1.165) is 24.0 Å². The standard InChI is InChI=1S/C13H19N3/c1-3-5-12(9(2)14)13(16)10-6-4-7-11(15)8-10/h4,6-8,16H,3,5,14-15H2,1-2H3/b12-9-,16-13?. The topological polar surface area (TPSA) is 75.9 Å². The highest BCUT2D eigenvalue weighted by Crippen LogP contribution is 2.17. The Morgan fingerprint density at radius 1 is 1.38 bits per heavy atom. The van der Waals surface area contributed by atoms with Crippen molar-refractivity contribution in [3.63, 3.8) is 0 Å². The maximum Gasteiger partial charge on any atom is 0.0661 e. The van der Waals surface area contributed by atoms with Crippen LogP contribution in [-0.2, 0) is 0 Å². The molecular weight excluding hydrogens is 198 g/mol. The Hall–Kier alpha value is -1.77. The van der Waals surface area contributed by atoms with E-state index in [1.54, 1.807) is 6.07 Å². The van der Waals surface area contributed by atoms with Crippen molar-refractivity contribution >= 4 is 11.4 Å². The molecule has 3 nitrogen and oxygen atoms in total. The Morgan fingerprint density at radius 2 is 2.06 bits per heavy atom. The minimum absolute atomic E-state index is 0.481. The minimum atomic E-state index is 0.481. The zero-order valence-corrected chi connectivity index (χ0v) is 9.88. The second-order valence-corrected chi connectivity index (χ2v) is 3.91. The maximum absolute atomic E-state index is 8.12. The number of nitrogens with two attached hydrogens (primary N) is 2. The van der Waals surface area contributed by atoms with E-state index in [0.29, 0.717) is 17.1 Å². The highest BCUT2D eigenvalue weighted by molar-refractivity contribution is 6.11. The van der Waals surface area contributed by atoms with E-state index in [1.165, 1.54) is 0 Å². The van der Waals surface area contributed by atoms with Gasteiger partial charge in [-0.25, -0.2) is 0 Å². The largest absolute Gasteiger partial charge is 0.402 e. The molecular formula is C13H19N3. The summed E-state index contributed by atoms with van der Waals surface area (Å²) in [5, 5.41) is 8.12. The lowest BCUT2D eigenvalue weighted by Gasteiger charge is -2.11. The van der Waals surface area contributed by atoms with Gasteiger partial charge in [0.1, 0.15) is 0 Å². The van der Waals surface area contributed by atoms with Crippen molar-refractivity contribution in [2.24, 2.45) is 5.73 Å². The summed E-state index contributed by atoms with van der Waals surface area (Å²) in [5.74, 6) is 0. The molecule has 0 unspecified atom stereocenters. The molecule has 0 aromatic heterocycles. The Kier molecular flexibility index (Phi) is 4.11. The molecule has 0 aliphatic heterocycles. The number of nitrogens with one attached hydrogen (secondary N) is 1. The molecule has 0 saturated heterocycles. The van der Waals surface area contributed by atoms with Crippen LogP contribution in [0, 0.1) is 5.41 Å². The van der Waals surface area contributed by atoms with Crippen molar-refractivity contribution in [2.45, 2.75) is 26.7 Å². The average molecular weight is 217 g/mol. The van der Waals surface area contributed by atoms with Gasteiger partial charge in [0, 0.05) is 16.9 Å². The molecule has 16 heavy (non-hydrogen) atoms. The summed E-state index contributed by atoms with van der Waals surface area (Å²) in [6.45, 7) is 3.92. The summed E-state index contributed by atoms with van der Waals surface area (Å²) in [5.41, 5.74) is 15.1. The molecule has 0 radical (unpaired) electrons. The summed E-state index contributed by atoms with van der Waals surface area (Å²) >= 11 is 0. The van der Waals surface area contributed by atoms with Gasteiger partial charge in [0.15, 0.2) is 0 Å². The van der Waals surface area contributed by atoms with Crippen LogP contribution in [0.4, 0.5) is 5.69 Å². The molecule has 1 aromatic rings. The fourth-order valence-corrected chi connectivity index (χ4v) is 1.64. The van der Waals surface area contributed by atoms with Crippen molar-refractivity contribution in [3.05, 3.63) is 41.1 Å². The zero-order chi connectivity index (χ0) is 12.1. The number of hydrogen-bond donors (Lipinski definition) is 3. The van der Waals surface area contributed by atoms with Crippen LogP contribution in [0.5, 0.6) is 0 Å². The van der Waals surface area contributed by atoms with Crippen LogP contribution in [0.15, 0.2) is 35.5 Å². The van der Waals surface area contributed by atoms with E-state index < -0.39 is 0 Å². The molecule has 0 aliphatic rings. The van der Waals surface area contributed by atoms with Gasteiger partial charge in [-0.3, -0.25) is 5.41 Å². The predicted molar refractivity (Wildman–Crippen MR) is 69.5 cm³/mol. The second kappa shape index (κ2) is 5.35. The van der Waals surface area contributed by atoms with Crippen molar-refractivity contribution in [3.8, 4) is 0 Å². The molecule has 86 valence electrons. The highest BCUT2D eigenvalue weighted by Gasteiger charge is 2.09. The first-order valence-corrected chi connectivity index (χ1v) is 5.46. The first-order valence-electron chi connectivity index (χ1n) is 5.46. The lowest BCUT2D eigenvalue weighted by molar-refractivity contribution is 0.918. The van der Waals surface area contributed by atoms with Crippen molar-refractivity contribution in [2.75, 3.05) is 5.73 Å².